The van der Waals surface area contributed by atoms with Crippen molar-refractivity contribution in [3.05, 3.63) is 47.3 Å². The number of benzene rings is 2. The number of aromatic nitrogens is 2. The monoisotopic (exact) mass is 503 g/mol. The van der Waals surface area contributed by atoms with Crippen LogP contribution < -0.4 is 20.5 Å². The van der Waals surface area contributed by atoms with Crippen LogP contribution in [0.25, 0.3) is 10.9 Å². The van der Waals surface area contributed by atoms with Crippen molar-refractivity contribution in [2.75, 3.05) is 31.8 Å². The molecule has 1 aliphatic heterocycles. The first-order valence-electron chi connectivity index (χ1n) is 11.4. The number of aryl methyl sites for hydroxylation is 1. The molecule has 1 aliphatic rings. The number of fused-ring (bicyclic) bond motifs is 1. The van der Waals surface area contributed by atoms with Crippen molar-refractivity contribution in [1.29, 1.82) is 0 Å². The molecule has 1 amide bonds. The number of nitrogens with two attached hydrogens (primary N) is 1. The van der Waals surface area contributed by atoms with E-state index in [2.05, 4.69) is 15.3 Å². The number of carbonyl (C=O) groups excluding carboxylic acids is 1. The number of nitrogens with one attached hydrogen (secondary N) is 1. The Kier molecular flexibility index (Phi) is 6.83. The van der Waals surface area contributed by atoms with Gasteiger partial charge in [0.25, 0.3) is 0 Å². The predicted molar refractivity (Wildman–Crippen MR) is 130 cm³/mol. The van der Waals surface area contributed by atoms with E-state index < -0.39 is 17.8 Å². The lowest BCUT2D eigenvalue weighted by Crippen LogP contribution is -2.33. The highest BCUT2D eigenvalue weighted by atomic mass is 19.4. The smallest absolute Gasteiger partial charge is 0.416 e. The van der Waals surface area contributed by atoms with E-state index in [1.54, 1.807) is 37.9 Å². The number of alkyl halides is 3. The van der Waals surface area contributed by atoms with Crippen LogP contribution in [0.1, 0.15) is 42.8 Å². The summed E-state index contributed by atoms with van der Waals surface area (Å²) in [7, 11) is 3.27. The summed E-state index contributed by atoms with van der Waals surface area (Å²) < 4.78 is 51.4. The van der Waals surface area contributed by atoms with E-state index in [-0.39, 0.29) is 17.6 Å². The Morgan fingerprint density at radius 2 is 1.94 bits per heavy atom. The van der Waals surface area contributed by atoms with Crippen LogP contribution >= 0.6 is 0 Å². The van der Waals surface area contributed by atoms with Gasteiger partial charge in [0.15, 0.2) is 11.5 Å². The summed E-state index contributed by atoms with van der Waals surface area (Å²) in [4.78, 5) is 22.5. The number of methoxy groups -OCH3 is 1. The molecule has 1 fully saturated rings. The van der Waals surface area contributed by atoms with Gasteiger partial charge in [0, 0.05) is 30.6 Å². The summed E-state index contributed by atoms with van der Waals surface area (Å²) in [5.74, 6) is 1.90. The third-order valence-corrected chi connectivity index (χ3v) is 6.31. The van der Waals surface area contributed by atoms with Gasteiger partial charge in [-0.05, 0) is 50.1 Å². The molecule has 3 aromatic rings. The number of halogens is 3. The zero-order valence-electron chi connectivity index (χ0n) is 20.4. The first-order valence-corrected chi connectivity index (χ1v) is 11.4. The fraction of sp³-hybridized carbons (Fsp3) is 0.400. The second-order valence-corrected chi connectivity index (χ2v) is 8.90. The first kappa shape index (κ1) is 25.3. The van der Waals surface area contributed by atoms with Crippen molar-refractivity contribution in [2.24, 2.45) is 0 Å². The molecule has 3 N–H and O–H groups in total. The molecule has 0 radical (unpaired) electrons. The summed E-state index contributed by atoms with van der Waals surface area (Å²) in [6.45, 7) is 3.74. The molecular formula is C25H28F3N5O3. The number of likely N-dealkylation sites (tertiary alicyclic amines) is 1. The highest BCUT2D eigenvalue weighted by Gasteiger charge is 2.32. The molecule has 0 aliphatic carbocycles. The summed E-state index contributed by atoms with van der Waals surface area (Å²) in [5.41, 5.74) is 5.90. The highest BCUT2D eigenvalue weighted by Crippen LogP contribution is 2.37. The minimum absolute atomic E-state index is 0.0213. The lowest BCUT2D eigenvalue weighted by atomic mass is 10.0. The molecule has 2 aromatic carbocycles. The summed E-state index contributed by atoms with van der Waals surface area (Å²) >= 11 is 0. The molecule has 192 valence electrons. The fourth-order valence-corrected chi connectivity index (χ4v) is 4.26. The minimum Gasteiger partial charge on any atom is -0.493 e. The van der Waals surface area contributed by atoms with E-state index in [0.29, 0.717) is 59.1 Å². The van der Waals surface area contributed by atoms with Crippen molar-refractivity contribution in [3.63, 3.8) is 0 Å². The van der Waals surface area contributed by atoms with Gasteiger partial charge < -0.3 is 25.4 Å². The van der Waals surface area contributed by atoms with Gasteiger partial charge in [0.05, 0.1) is 30.3 Å². The zero-order valence-corrected chi connectivity index (χ0v) is 20.4. The average Bonchev–Trinajstić information content (AvgIpc) is 3.13. The Morgan fingerprint density at radius 1 is 1.19 bits per heavy atom. The standard InChI is InChI=1S/C25H28F3N5O3/c1-13(15-7-16(25(26,27)28)9-17(29)8-15)30-24-19-10-22(36-12-18-5-6-23(34)33(18)3)21(35-4)11-20(19)31-14(2)32-24/h7-11,13,18H,5-6,12,29H2,1-4H3,(H,30,31,32)/t13-,18?/m1/s1. The molecule has 0 saturated carbocycles. The molecule has 2 atom stereocenters. The Hall–Kier alpha value is -3.76. The quantitative estimate of drug-likeness (QED) is 0.450. The molecule has 8 nitrogen and oxygen atoms in total. The molecule has 1 aromatic heterocycles. The highest BCUT2D eigenvalue weighted by molar-refractivity contribution is 5.92. The van der Waals surface area contributed by atoms with Crippen LogP contribution in [0.3, 0.4) is 0 Å². The van der Waals surface area contributed by atoms with Crippen LogP contribution in [0, 0.1) is 6.92 Å². The number of hydrogen-bond acceptors (Lipinski definition) is 7. The van der Waals surface area contributed by atoms with E-state index in [0.717, 1.165) is 12.1 Å². The van der Waals surface area contributed by atoms with Crippen molar-refractivity contribution >= 4 is 28.3 Å². The number of anilines is 2. The molecule has 1 unspecified atom stereocenters. The number of ether oxygens (including phenoxy) is 2. The molecule has 1 saturated heterocycles. The number of hydrogen-bond donors (Lipinski definition) is 2. The molecule has 11 heteroatoms. The predicted octanol–water partition coefficient (Wildman–Crippen LogP) is 4.72. The van der Waals surface area contributed by atoms with Gasteiger partial charge in [0.2, 0.25) is 5.91 Å². The molecule has 36 heavy (non-hydrogen) atoms. The maximum Gasteiger partial charge on any atom is 0.416 e. The largest absolute Gasteiger partial charge is 0.493 e. The van der Waals surface area contributed by atoms with Crippen LogP contribution in [0.15, 0.2) is 30.3 Å². The Morgan fingerprint density at radius 3 is 2.58 bits per heavy atom. The van der Waals surface area contributed by atoms with Gasteiger partial charge in [-0.2, -0.15) is 13.2 Å². The number of nitrogen functional groups attached to an aromatic ring is 1. The molecular weight excluding hydrogens is 475 g/mol. The summed E-state index contributed by atoms with van der Waals surface area (Å²) in [6.07, 6.45) is -3.32. The van der Waals surface area contributed by atoms with Crippen molar-refractivity contribution in [2.45, 2.75) is 44.9 Å². The fourth-order valence-electron chi connectivity index (χ4n) is 4.26. The van der Waals surface area contributed by atoms with Crippen molar-refractivity contribution < 1.29 is 27.4 Å². The molecule has 4 rings (SSSR count). The van der Waals surface area contributed by atoms with Crippen LogP contribution in [0.2, 0.25) is 0 Å². The van der Waals surface area contributed by atoms with Gasteiger partial charge in [-0.3, -0.25) is 4.79 Å². The van der Waals surface area contributed by atoms with Crippen LogP contribution in [0.5, 0.6) is 11.5 Å². The Bertz CT molecular complexity index is 1300. The van der Waals surface area contributed by atoms with Gasteiger partial charge in [-0.25, -0.2) is 9.97 Å². The first-order chi connectivity index (χ1) is 17.0. The second-order valence-electron chi connectivity index (χ2n) is 8.90. The third kappa shape index (κ3) is 5.24. The van der Waals surface area contributed by atoms with Gasteiger partial charge in [-0.15, -0.1) is 0 Å². The number of likely N-dealkylation sites (N-methyl/N-ethyl adjacent to an activating group) is 1. The summed E-state index contributed by atoms with van der Waals surface area (Å²) in [5, 5.41) is 3.81. The molecule has 2 heterocycles. The number of carbonyl (C=O) groups is 1. The van der Waals surface area contributed by atoms with E-state index in [1.807, 2.05) is 0 Å². The van der Waals surface area contributed by atoms with E-state index in [1.165, 1.54) is 13.2 Å². The van der Waals surface area contributed by atoms with Gasteiger partial charge in [-0.1, -0.05) is 0 Å². The second kappa shape index (κ2) is 9.71. The maximum absolute atomic E-state index is 13.3. The lowest BCUT2D eigenvalue weighted by molar-refractivity contribution is -0.137. The van der Waals surface area contributed by atoms with E-state index in [9.17, 15) is 18.0 Å². The maximum atomic E-state index is 13.3. The summed E-state index contributed by atoms with van der Waals surface area (Å²) in [6, 6.07) is 6.35. The van der Waals surface area contributed by atoms with E-state index >= 15 is 0 Å². The van der Waals surface area contributed by atoms with Crippen molar-refractivity contribution in [1.82, 2.24) is 14.9 Å². The molecule has 0 spiro atoms. The average molecular weight is 504 g/mol. The van der Waals surface area contributed by atoms with Gasteiger partial charge in [0.1, 0.15) is 18.2 Å². The Balaban J connectivity index is 1.67. The van der Waals surface area contributed by atoms with Crippen LogP contribution in [-0.4, -0.2) is 47.6 Å². The van der Waals surface area contributed by atoms with Gasteiger partial charge >= 0.3 is 6.18 Å². The normalized spacial score (nSPS) is 16.9. The molecule has 0 bridgehead atoms. The number of nitrogens with zero attached hydrogens (tertiary/aromatic N) is 3. The SMILES string of the molecule is COc1cc2nc(C)nc(N[C@H](C)c3cc(N)cc(C(F)(F)F)c3)c2cc1OCC1CCC(=O)N1C. The lowest BCUT2D eigenvalue weighted by Gasteiger charge is -2.22. The number of amides is 1. The Labute approximate surface area is 206 Å². The minimum atomic E-state index is -4.51. The zero-order chi connectivity index (χ0) is 26.2. The third-order valence-electron chi connectivity index (χ3n) is 6.31. The topological polar surface area (TPSA) is 103 Å². The van der Waals surface area contributed by atoms with Crippen LogP contribution in [-0.2, 0) is 11.0 Å². The number of rotatable bonds is 7. The van der Waals surface area contributed by atoms with E-state index in [4.69, 9.17) is 15.2 Å². The van der Waals surface area contributed by atoms with Crippen LogP contribution in [0.4, 0.5) is 24.7 Å². The van der Waals surface area contributed by atoms with Crippen molar-refractivity contribution in [3.8, 4) is 11.5 Å².